The Hall–Kier alpha value is -1.85. The van der Waals surface area contributed by atoms with E-state index in [1.54, 1.807) is 10.9 Å². The highest BCUT2D eigenvalue weighted by atomic mass is 35.5. The van der Waals surface area contributed by atoms with Crippen LogP contribution in [0.2, 0.25) is 0 Å². The second kappa shape index (κ2) is 8.85. The predicted molar refractivity (Wildman–Crippen MR) is 99.6 cm³/mol. The average molecular weight is 351 g/mol. The van der Waals surface area contributed by atoms with Crippen LogP contribution in [-0.4, -0.2) is 27.8 Å². The number of carbonyl (C=O) groups is 1. The molecule has 24 heavy (non-hydrogen) atoms. The molecule has 2 aromatic rings. The fraction of sp³-hybridized carbons (Fsp3) is 0.444. The molecular weight excluding hydrogens is 324 g/mol. The van der Waals surface area contributed by atoms with Crippen molar-refractivity contribution in [2.45, 2.75) is 39.2 Å². The molecule has 0 spiro atoms. The first-order chi connectivity index (χ1) is 10.9. The third kappa shape index (κ3) is 5.65. The fourth-order valence-corrected chi connectivity index (χ4v) is 2.83. The predicted octanol–water partition coefficient (Wildman–Crippen LogP) is 2.72. The molecule has 1 amide bonds. The van der Waals surface area contributed by atoms with E-state index in [4.69, 9.17) is 5.73 Å². The summed E-state index contributed by atoms with van der Waals surface area (Å²) in [5, 5.41) is 7.39. The van der Waals surface area contributed by atoms with Crippen molar-refractivity contribution in [1.29, 1.82) is 0 Å². The van der Waals surface area contributed by atoms with Gasteiger partial charge in [0.1, 0.15) is 0 Å². The van der Waals surface area contributed by atoms with Gasteiger partial charge in [-0.25, -0.2) is 4.68 Å². The van der Waals surface area contributed by atoms with Crippen LogP contribution in [0.5, 0.6) is 0 Å². The third-order valence-electron chi connectivity index (χ3n) is 3.77. The molecule has 0 bridgehead atoms. The molecule has 2 rings (SSSR count). The third-order valence-corrected chi connectivity index (χ3v) is 3.77. The second-order valence-electron chi connectivity index (χ2n) is 6.72. The molecule has 0 fully saturated rings. The highest BCUT2D eigenvalue weighted by Crippen LogP contribution is 2.16. The molecule has 3 N–H and O–H groups in total. The van der Waals surface area contributed by atoms with E-state index in [-0.39, 0.29) is 23.9 Å². The zero-order chi connectivity index (χ0) is 16.9. The Kier molecular flexibility index (Phi) is 7.45. The van der Waals surface area contributed by atoms with Crippen molar-refractivity contribution in [3.63, 3.8) is 0 Å². The highest BCUT2D eigenvalue weighted by Gasteiger charge is 2.25. The molecule has 0 aliphatic heterocycles. The average Bonchev–Trinajstić information content (AvgIpc) is 2.95. The van der Waals surface area contributed by atoms with E-state index < -0.39 is 0 Å². The first-order valence-corrected chi connectivity index (χ1v) is 8.02. The van der Waals surface area contributed by atoms with Gasteiger partial charge in [0.05, 0.1) is 18.3 Å². The van der Waals surface area contributed by atoms with Crippen LogP contribution < -0.4 is 11.1 Å². The Bertz CT molecular complexity index is 641. The number of carbonyl (C=O) groups excluding carboxylic acids is 1. The van der Waals surface area contributed by atoms with E-state index in [0.29, 0.717) is 18.9 Å². The van der Waals surface area contributed by atoms with Gasteiger partial charge >= 0.3 is 0 Å². The highest BCUT2D eigenvalue weighted by molar-refractivity contribution is 5.85. The lowest BCUT2D eigenvalue weighted by Gasteiger charge is -2.31. The lowest BCUT2D eigenvalue weighted by Crippen LogP contribution is -2.52. The Morgan fingerprint density at radius 3 is 2.58 bits per heavy atom. The molecule has 0 aliphatic rings. The van der Waals surface area contributed by atoms with E-state index in [1.807, 2.05) is 43.5 Å². The number of nitrogens with one attached hydrogen (secondary N) is 1. The van der Waals surface area contributed by atoms with E-state index in [1.165, 1.54) is 0 Å². The van der Waals surface area contributed by atoms with Gasteiger partial charge in [-0.15, -0.1) is 12.4 Å². The lowest BCUT2D eigenvalue weighted by molar-refractivity contribution is -0.122. The first-order valence-electron chi connectivity index (χ1n) is 8.02. The van der Waals surface area contributed by atoms with Gasteiger partial charge in [-0.1, -0.05) is 32.0 Å². The van der Waals surface area contributed by atoms with Gasteiger partial charge in [-0.05, 0) is 37.0 Å². The number of amides is 1. The number of benzene rings is 1. The zero-order valence-corrected chi connectivity index (χ0v) is 15.3. The Morgan fingerprint density at radius 2 is 2.00 bits per heavy atom. The number of para-hydroxylation sites is 1. The topological polar surface area (TPSA) is 72.9 Å². The Balaban J connectivity index is 0.00000288. The van der Waals surface area contributed by atoms with Gasteiger partial charge in [0.15, 0.2) is 0 Å². The Morgan fingerprint density at radius 1 is 1.33 bits per heavy atom. The molecule has 0 saturated heterocycles. The summed E-state index contributed by atoms with van der Waals surface area (Å²) in [6.07, 6.45) is 4.78. The summed E-state index contributed by atoms with van der Waals surface area (Å²) in [6.45, 7) is 6.69. The van der Waals surface area contributed by atoms with Gasteiger partial charge in [-0.3, -0.25) is 4.79 Å². The smallest absolute Gasteiger partial charge is 0.225 e. The number of rotatable bonds is 7. The largest absolute Gasteiger partial charge is 0.349 e. The molecule has 1 unspecified atom stereocenters. The summed E-state index contributed by atoms with van der Waals surface area (Å²) in [4.78, 5) is 12.3. The van der Waals surface area contributed by atoms with E-state index in [2.05, 4.69) is 24.3 Å². The first kappa shape index (κ1) is 20.2. The van der Waals surface area contributed by atoms with Crippen molar-refractivity contribution >= 4 is 18.3 Å². The molecule has 0 saturated carbocycles. The van der Waals surface area contributed by atoms with Crippen molar-refractivity contribution in [3.8, 4) is 5.69 Å². The van der Waals surface area contributed by atoms with Crippen LogP contribution in [0, 0.1) is 5.92 Å². The normalized spacial score (nSPS) is 13.2. The molecule has 1 heterocycles. The van der Waals surface area contributed by atoms with Gasteiger partial charge in [0, 0.05) is 18.3 Å². The number of aromatic nitrogens is 2. The van der Waals surface area contributed by atoms with Crippen molar-refractivity contribution in [1.82, 2.24) is 15.1 Å². The lowest BCUT2D eigenvalue weighted by atomic mass is 9.90. The maximum absolute atomic E-state index is 12.3. The summed E-state index contributed by atoms with van der Waals surface area (Å²) in [5.41, 5.74) is 7.35. The van der Waals surface area contributed by atoms with Crippen LogP contribution in [0.4, 0.5) is 0 Å². The molecule has 1 aromatic heterocycles. The standard InChI is InChI=1S/C18H26N4O.ClH/c1-14(2)10-18(3,13-19)21-17(23)9-15-11-20-22(12-15)16-7-5-4-6-8-16;/h4-8,11-12,14H,9-10,13,19H2,1-3H3,(H,21,23);1H. The molecule has 1 atom stereocenters. The van der Waals surface area contributed by atoms with Gasteiger partial charge in [0.2, 0.25) is 5.91 Å². The summed E-state index contributed by atoms with van der Waals surface area (Å²) >= 11 is 0. The van der Waals surface area contributed by atoms with Crippen LogP contribution in [0.3, 0.4) is 0 Å². The summed E-state index contributed by atoms with van der Waals surface area (Å²) < 4.78 is 1.78. The van der Waals surface area contributed by atoms with Crippen molar-refractivity contribution in [2.24, 2.45) is 11.7 Å². The fourth-order valence-electron chi connectivity index (χ4n) is 2.83. The van der Waals surface area contributed by atoms with Gasteiger partial charge < -0.3 is 11.1 Å². The number of hydrogen-bond donors (Lipinski definition) is 2. The second-order valence-corrected chi connectivity index (χ2v) is 6.72. The van der Waals surface area contributed by atoms with Crippen molar-refractivity contribution < 1.29 is 4.79 Å². The molecule has 6 heteroatoms. The monoisotopic (exact) mass is 350 g/mol. The number of nitrogens with zero attached hydrogens (tertiary/aromatic N) is 2. The maximum Gasteiger partial charge on any atom is 0.225 e. The maximum atomic E-state index is 12.3. The van der Waals surface area contributed by atoms with E-state index in [9.17, 15) is 4.79 Å². The molecule has 1 aromatic carbocycles. The molecule has 0 radical (unpaired) electrons. The van der Waals surface area contributed by atoms with Crippen LogP contribution >= 0.6 is 12.4 Å². The number of hydrogen-bond acceptors (Lipinski definition) is 3. The number of nitrogens with two attached hydrogens (primary N) is 1. The molecule has 0 aliphatic carbocycles. The number of halogens is 1. The molecular formula is C18H27ClN4O. The minimum absolute atomic E-state index is 0. The van der Waals surface area contributed by atoms with Gasteiger partial charge in [0.25, 0.3) is 0 Å². The molecule has 132 valence electrons. The van der Waals surface area contributed by atoms with E-state index >= 15 is 0 Å². The molecule has 5 nitrogen and oxygen atoms in total. The SMILES string of the molecule is CC(C)CC(C)(CN)NC(=O)Cc1cnn(-c2ccccc2)c1.Cl. The minimum Gasteiger partial charge on any atom is -0.349 e. The zero-order valence-electron chi connectivity index (χ0n) is 14.5. The quantitative estimate of drug-likeness (QED) is 0.806. The summed E-state index contributed by atoms with van der Waals surface area (Å²) in [6, 6.07) is 9.84. The van der Waals surface area contributed by atoms with Crippen LogP contribution in [-0.2, 0) is 11.2 Å². The van der Waals surface area contributed by atoms with E-state index in [0.717, 1.165) is 17.7 Å². The van der Waals surface area contributed by atoms with Crippen LogP contribution in [0.1, 0.15) is 32.8 Å². The van der Waals surface area contributed by atoms with Crippen molar-refractivity contribution in [2.75, 3.05) is 6.54 Å². The summed E-state index contributed by atoms with van der Waals surface area (Å²) in [7, 11) is 0. The summed E-state index contributed by atoms with van der Waals surface area (Å²) in [5.74, 6) is 0.455. The minimum atomic E-state index is -0.360. The Labute approximate surface area is 150 Å². The van der Waals surface area contributed by atoms with Crippen LogP contribution in [0.25, 0.3) is 5.69 Å². The van der Waals surface area contributed by atoms with Crippen LogP contribution in [0.15, 0.2) is 42.7 Å². The van der Waals surface area contributed by atoms with Gasteiger partial charge in [-0.2, -0.15) is 5.10 Å². The van der Waals surface area contributed by atoms with Crippen molar-refractivity contribution in [3.05, 3.63) is 48.3 Å².